The van der Waals surface area contributed by atoms with E-state index in [-0.39, 0.29) is 12.2 Å². The van der Waals surface area contributed by atoms with Gasteiger partial charge in [-0.15, -0.1) is 0 Å². The van der Waals surface area contributed by atoms with Crippen LogP contribution in [0.2, 0.25) is 0 Å². The molecule has 0 aliphatic rings. The lowest BCUT2D eigenvalue weighted by atomic mass is 10.2. The second-order valence-corrected chi connectivity index (χ2v) is 4.75. The average molecular weight is 297 g/mol. The van der Waals surface area contributed by atoms with E-state index < -0.39 is 0 Å². The second kappa shape index (κ2) is 5.42. The summed E-state index contributed by atoms with van der Waals surface area (Å²) in [5.74, 6) is 0. The van der Waals surface area contributed by atoms with E-state index in [0.717, 1.165) is 16.3 Å². The van der Waals surface area contributed by atoms with E-state index in [2.05, 4.69) is 21.0 Å². The van der Waals surface area contributed by atoms with Gasteiger partial charge in [-0.05, 0) is 31.0 Å². The maximum atomic E-state index is 12.1. The first-order chi connectivity index (χ1) is 8.22. The molecule has 0 aliphatic carbocycles. The number of halogens is 1. The van der Waals surface area contributed by atoms with E-state index in [0.29, 0.717) is 18.4 Å². The number of aliphatic hydroxyl groups is 1. The van der Waals surface area contributed by atoms with Crippen molar-refractivity contribution in [1.29, 1.82) is 0 Å². The van der Waals surface area contributed by atoms with Crippen molar-refractivity contribution in [2.45, 2.75) is 19.4 Å². The van der Waals surface area contributed by atoms with Crippen molar-refractivity contribution in [3.63, 3.8) is 0 Å². The number of hydrogen-bond donors (Lipinski definition) is 1. The van der Waals surface area contributed by atoms with Crippen LogP contribution in [-0.4, -0.2) is 21.5 Å². The number of rotatable bonds is 4. The molecule has 90 valence electrons. The molecule has 17 heavy (non-hydrogen) atoms. The summed E-state index contributed by atoms with van der Waals surface area (Å²) in [6.07, 6.45) is 3.14. The number of hydrogen-bond acceptors (Lipinski definition) is 3. The normalized spacial score (nSPS) is 10.9. The molecule has 0 aliphatic heterocycles. The molecule has 1 aromatic heterocycles. The minimum atomic E-state index is -0.0760. The van der Waals surface area contributed by atoms with Crippen LogP contribution in [-0.2, 0) is 6.54 Å². The van der Waals surface area contributed by atoms with Crippen LogP contribution in [0.3, 0.4) is 0 Å². The number of unbranched alkanes of at least 4 members (excludes halogenated alkanes) is 1. The van der Waals surface area contributed by atoms with Gasteiger partial charge in [0.15, 0.2) is 0 Å². The third-order valence-corrected chi connectivity index (χ3v) is 3.09. The fourth-order valence-corrected chi connectivity index (χ4v) is 2.07. The first kappa shape index (κ1) is 12.3. The van der Waals surface area contributed by atoms with Crippen LogP contribution in [0, 0.1) is 0 Å². The van der Waals surface area contributed by atoms with E-state index in [4.69, 9.17) is 5.11 Å². The smallest absolute Gasteiger partial charge is 0.274 e. The number of aromatic nitrogens is 2. The molecule has 0 radical (unpaired) electrons. The standard InChI is InChI=1S/C12H13BrN2O2/c13-10-3-4-11-9(7-10)8-14-15(12(11)17)5-1-2-6-16/h3-4,7-8,16H,1-2,5-6H2. The summed E-state index contributed by atoms with van der Waals surface area (Å²) in [4.78, 5) is 12.1. The molecule has 0 fully saturated rings. The van der Waals surface area contributed by atoms with Crippen LogP contribution >= 0.6 is 15.9 Å². The molecule has 1 heterocycles. The summed E-state index contributed by atoms with van der Waals surface area (Å²) in [5.41, 5.74) is -0.0760. The summed E-state index contributed by atoms with van der Waals surface area (Å²) in [5, 5.41) is 14.3. The third-order valence-electron chi connectivity index (χ3n) is 2.59. The van der Waals surface area contributed by atoms with Crippen molar-refractivity contribution in [1.82, 2.24) is 9.78 Å². The van der Waals surface area contributed by atoms with Crippen LogP contribution in [0.4, 0.5) is 0 Å². The summed E-state index contributed by atoms with van der Waals surface area (Å²) in [6.45, 7) is 0.695. The zero-order valence-corrected chi connectivity index (χ0v) is 10.9. The fourth-order valence-electron chi connectivity index (χ4n) is 1.69. The maximum absolute atomic E-state index is 12.1. The van der Waals surface area contributed by atoms with Crippen LogP contribution in [0.15, 0.2) is 33.7 Å². The van der Waals surface area contributed by atoms with E-state index in [1.165, 1.54) is 4.68 Å². The molecule has 4 nitrogen and oxygen atoms in total. The van der Waals surface area contributed by atoms with Crippen molar-refractivity contribution in [2.24, 2.45) is 0 Å². The van der Waals surface area contributed by atoms with Gasteiger partial charge >= 0.3 is 0 Å². The monoisotopic (exact) mass is 296 g/mol. The van der Waals surface area contributed by atoms with Crippen molar-refractivity contribution >= 4 is 26.7 Å². The Morgan fingerprint density at radius 2 is 2.18 bits per heavy atom. The third kappa shape index (κ3) is 2.73. The second-order valence-electron chi connectivity index (χ2n) is 3.84. The van der Waals surface area contributed by atoms with Crippen LogP contribution < -0.4 is 5.56 Å². The van der Waals surface area contributed by atoms with E-state index in [1.54, 1.807) is 12.3 Å². The fraction of sp³-hybridized carbons (Fsp3) is 0.333. The Morgan fingerprint density at radius 1 is 1.35 bits per heavy atom. The summed E-state index contributed by atoms with van der Waals surface area (Å²) < 4.78 is 2.38. The largest absolute Gasteiger partial charge is 0.396 e. The van der Waals surface area contributed by atoms with Crippen LogP contribution in [0.1, 0.15) is 12.8 Å². The number of benzene rings is 1. The zero-order valence-electron chi connectivity index (χ0n) is 9.27. The number of fused-ring (bicyclic) bond motifs is 1. The van der Waals surface area contributed by atoms with Gasteiger partial charge in [0.25, 0.3) is 5.56 Å². The Balaban J connectivity index is 2.37. The van der Waals surface area contributed by atoms with Crippen LogP contribution in [0.25, 0.3) is 10.8 Å². The van der Waals surface area contributed by atoms with E-state index in [9.17, 15) is 4.79 Å². The van der Waals surface area contributed by atoms with Gasteiger partial charge in [-0.3, -0.25) is 4.79 Å². The highest BCUT2D eigenvalue weighted by atomic mass is 79.9. The van der Waals surface area contributed by atoms with Crippen LogP contribution in [0.5, 0.6) is 0 Å². The van der Waals surface area contributed by atoms with Gasteiger partial charge in [0.1, 0.15) is 0 Å². The first-order valence-electron chi connectivity index (χ1n) is 5.48. The SMILES string of the molecule is O=c1c2ccc(Br)cc2cnn1CCCCO. The Morgan fingerprint density at radius 3 is 2.94 bits per heavy atom. The van der Waals surface area contributed by atoms with Gasteiger partial charge in [0, 0.05) is 23.0 Å². The highest BCUT2D eigenvalue weighted by molar-refractivity contribution is 9.10. The number of nitrogens with zero attached hydrogens (tertiary/aromatic N) is 2. The predicted octanol–water partition coefficient (Wildman–Crippen LogP) is 1.93. The van der Waals surface area contributed by atoms with E-state index >= 15 is 0 Å². The minimum absolute atomic E-state index is 0.0760. The van der Waals surface area contributed by atoms with Crippen molar-refractivity contribution in [3.8, 4) is 0 Å². The molecule has 0 bridgehead atoms. The Bertz CT molecular complexity index is 580. The topological polar surface area (TPSA) is 55.1 Å². The van der Waals surface area contributed by atoms with Gasteiger partial charge in [-0.2, -0.15) is 5.10 Å². The molecular weight excluding hydrogens is 284 g/mol. The minimum Gasteiger partial charge on any atom is -0.396 e. The maximum Gasteiger partial charge on any atom is 0.274 e. The highest BCUT2D eigenvalue weighted by Crippen LogP contribution is 2.15. The molecule has 1 aromatic carbocycles. The van der Waals surface area contributed by atoms with Gasteiger partial charge < -0.3 is 5.11 Å². The molecule has 0 spiro atoms. The molecule has 0 amide bonds. The van der Waals surface area contributed by atoms with Gasteiger partial charge in [0.2, 0.25) is 0 Å². The summed E-state index contributed by atoms with van der Waals surface area (Å²) in [6, 6.07) is 5.52. The molecule has 0 saturated heterocycles. The molecule has 0 unspecified atom stereocenters. The summed E-state index contributed by atoms with van der Waals surface area (Å²) in [7, 11) is 0. The first-order valence-corrected chi connectivity index (χ1v) is 6.28. The Labute approximate surface area is 107 Å². The lowest BCUT2D eigenvalue weighted by molar-refractivity contribution is 0.279. The molecule has 2 rings (SSSR count). The Kier molecular flexibility index (Phi) is 3.91. The Hall–Kier alpha value is -1.20. The van der Waals surface area contributed by atoms with Crippen molar-refractivity contribution in [2.75, 3.05) is 6.61 Å². The van der Waals surface area contributed by atoms with Crippen molar-refractivity contribution < 1.29 is 5.11 Å². The predicted molar refractivity (Wildman–Crippen MR) is 70.0 cm³/mol. The number of aliphatic hydroxyl groups excluding tert-OH is 1. The highest BCUT2D eigenvalue weighted by Gasteiger charge is 2.03. The molecule has 5 heteroatoms. The molecule has 0 saturated carbocycles. The van der Waals surface area contributed by atoms with Gasteiger partial charge in [0.05, 0.1) is 11.6 Å². The molecular formula is C12H13BrN2O2. The lowest BCUT2D eigenvalue weighted by Gasteiger charge is -2.05. The lowest BCUT2D eigenvalue weighted by Crippen LogP contribution is -2.22. The van der Waals surface area contributed by atoms with Gasteiger partial charge in [-0.1, -0.05) is 15.9 Å². The quantitative estimate of drug-likeness (QED) is 0.877. The summed E-state index contributed by atoms with van der Waals surface area (Å²) >= 11 is 3.36. The van der Waals surface area contributed by atoms with E-state index in [1.807, 2.05) is 12.1 Å². The molecule has 0 atom stereocenters. The van der Waals surface area contributed by atoms with Crippen molar-refractivity contribution in [3.05, 3.63) is 39.2 Å². The van der Waals surface area contributed by atoms with Gasteiger partial charge in [-0.25, -0.2) is 4.68 Å². The average Bonchev–Trinajstić information content (AvgIpc) is 2.32. The zero-order chi connectivity index (χ0) is 12.3. The molecule has 1 N–H and O–H groups in total. The molecule has 2 aromatic rings. The number of aryl methyl sites for hydroxylation is 1.